The van der Waals surface area contributed by atoms with E-state index in [0.717, 1.165) is 64.0 Å². The summed E-state index contributed by atoms with van der Waals surface area (Å²) in [6.07, 6.45) is 7.06. The minimum absolute atomic E-state index is 0.0708. The Morgan fingerprint density at radius 3 is 2.31 bits per heavy atom. The van der Waals surface area contributed by atoms with Crippen LogP contribution in [-0.4, -0.2) is 89.7 Å². The van der Waals surface area contributed by atoms with Crippen LogP contribution in [0.2, 0.25) is 0 Å². The summed E-state index contributed by atoms with van der Waals surface area (Å²) in [6.45, 7) is 8.27. The molecule has 1 spiro atoms. The number of hydrogen-bond acceptors (Lipinski definition) is 8. The molecule has 4 fully saturated rings. The zero-order valence-corrected chi connectivity index (χ0v) is 30.7. The number of anilines is 2. The molecule has 1 aromatic heterocycles. The van der Waals surface area contributed by atoms with E-state index >= 15 is 4.39 Å². The van der Waals surface area contributed by atoms with Crippen molar-refractivity contribution in [1.82, 2.24) is 24.9 Å². The number of carbonyl (C=O) groups excluding carboxylic acids is 3. The van der Waals surface area contributed by atoms with Crippen molar-refractivity contribution in [2.75, 3.05) is 56.5 Å². The van der Waals surface area contributed by atoms with Crippen LogP contribution in [0.3, 0.4) is 0 Å². The Kier molecular flexibility index (Phi) is 9.95. The molecule has 4 aliphatic rings. The molecule has 2 N–H and O–H groups in total. The third-order valence-electron chi connectivity index (χ3n) is 12.3. The number of hydrogen-bond donors (Lipinski definition) is 2. The third kappa shape index (κ3) is 7.09. The van der Waals surface area contributed by atoms with E-state index in [1.807, 2.05) is 30.0 Å². The molecule has 4 saturated heterocycles. The van der Waals surface area contributed by atoms with Crippen LogP contribution in [0.5, 0.6) is 0 Å². The molecule has 3 atom stereocenters. The van der Waals surface area contributed by atoms with Gasteiger partial charge in [0, 0.05) is 69.9 Å². The van der Waals surface area contributed by atoms with Gasteiger partial charge in [-0.05, 0) is 106 Å². The normalized spacial score (nSPS) is 23.8. The molecule has 0 saturated carbocycles. The first kappa shape index (κ1) is 35.8. The quantitative estimate of drug-likeness (QED) is 0.360. The molecule has 4 aliphatic heterocycles. The molecule has 3 amide bonds. The van der Waals surface area contributed by atoms with Gasteiger partial charge in [0.2, 0.25) is 11.8 Å². The largest absolute Gasteiger partial charge is 0.379 e. The molecule has 7 rings (SSSR count). The number of likely N-dealkylation sites (N-methyl/N-ethyl adjacent to an activating group) is 1. The molecule has 0 radical (unpaired) electrons. The molecule has 2 aromatic carbocycles. The van der Waals surface area contributed by atoms with Crippen LogP contribution >= 0.6 is 0 Å². The van der Waals surface area contributed by atoms with Crippen LogP contribution in [0.25, 0.3) is 0 Å². The lowest BCUT2D eigenvalue weighted by atomic mass is 9.71. The van der Waals surface area contributed by atoms with Crippen molar-refractivity contribution in [1.29, 1.82) is 0 Å². The van der Waals surface area contributed by atoms with E-state index < -0.39 is 5.92 Å². The summed E-state index contributed by atoms with van der Waals surface area (Å²) in [5, 5.41) is 10.1. The highest BCUT2D eigenvalue weighted by Crippen LogP contribution is 2.43. The highest BCUT2D eigenvalue weighted by Gasteiger charge is 2.40. The van der Waals surface area contributed by atoms with Gasteiger partial charge >= 0.3 is 0 Å². The molecule has 11 nitrogen and oxygen atoms in total. The van der Waals surface area contributed by atoms with Crippen molar-refractivity contribution < 1.29 is 18.8 Å². The van der Waals surface area contributed by atoms with Gasteiger partial charge in [-0.25, -0.2) is 9.07 Å². The maximum absolute atomic E-state index is 15.7. The van der Waals surface area contributed by atoms with Crippen molar-refractivity contribution in [3.63, 3.8) is 0 Å². The van der Waals surface area contributed by atoms with E-state index in [9.17, 15) is 19.2 Å². The smallest absolute Gasteiger partial charge is 0.271 e. The molecule has 52 heavy (non-hydrogen) atoms. The highest BCUT2D eigenvalue weighted by molar-refractivity contribution is 6.01. The SMILES string of the molecule is Cc1c(C2CCC(=O)NC2=O)ccc(N2CCC3(CCN(C(=O)c4ccc(C5CC(Nc6cnn(C)c(=O)c6C)CN(C)C5)cc4)CC3)CC2)c1F. The monoisotopic (exact) mass is 711 g/mol. The number of benzene rings is 2. The molecule has 5 heterocycles. The fourth-order valence-corrected chi connectivity index (χ4v) is 8.97. The van der Waals surface area contributed by atoms with Crippen molar-refractivity contribution in [2.24, 2.45) is 12.5 Å². The van der Waals surface area contributed by atoms with E-state index in [0.29, 0.717) is 53.4 Å². The summed E-state index contributed by atoms with van der Waals surface area (Å²) in [5.41, 5.74) is 5.11. The van der Waals surface area contributed by atoms with Crippen molar-refractivity contribution >= 4 is 29.1 Å². The Balaban J connectivity index is 0.923. The highest BCUT2D eigenvalue weighted by atomic mass is 19.1. The Labute approximate surface area is 304 Å². The van der Waals surface area contributed by atoms with E-state index in [1.54, 1.807) is 26.2 Å². The summed E-state index contributed by atoms with van der Waals surface area (Å²) in [4.78, 5) is 56.5. The second-order valence-corrected chi connectivity index (χ2v) is 15.6. The molecular weight excluding hydrogens is 661 g/mol. The predicted octanol–water partition coefficient (Wildman–Crippen LogP) is 4.48. The zero-order valence-electron chi connectivity index (χ0n) is 30.7. The van der Waals surface area contributed by atoms with Gasteiger partial charge in [-0.3, -0.25) is 24.5 Å². The lowest BCUT2D eigenvalue weighted by molar-refractivity contribution is -0.134. The number of rotatable bonds is 6. The molecule has 3 unspecified atom stereocenters. The maximum Gasteiger partial charge on any atom is 0.271 e. The van der Waals surface area contributed by atoms with Gasteiger partial charge in [-0.1, -0.05) is 18.2 Å². The van der Waals surface area contributed by atoms with Crippen LogP contribution in [0.15, 0.2) is 47.4 Å². The van der Waals surface area contributed by atoms with Crippen molar-refractivity contribution in [2.45, 2.75) is 76.7 Å². The average molecular weight is 712 g/mol. The molecule has 276 valence electrons. The van der Waals surface area contributed by atoms with Gasteiger partial charge < -0.3 is 20.0 Å². The van der Waals surface area contributed by atoms with Crippen LogP contribution in [-0.2, 0) is 16.6 Å². The molecule has 0 bridgehead atoms. The van der Waals surface area contributed by atoms with Crippen molar-refractivity contribution in [3.8, 4) is 0 Å². The van der Waals surface area contributed by atoms with E-state index in [1.165, 1.54) is 10.2 Å². The number of nitrogens with one attached hydrogen (secondary N) is 2. The molecular formula is C40H50FN7O4. The first-order valence-electron chi connectivity index (χ1n) is 18.7. The minimum Gasteiger partial charge on any atom is -0.379 e. The molecule has 12 heteroatoms. The zero-order chi connectivity index (χ0) is 36.7. The Hall–Kier alpha value is -4.58. The van der Waals surface area contributed by atoms with E-state index in [4.69, 9.17) is 0 Å². The van der Waals surface area contributed by atoms with Crippen LogP contribution in [0.4, 0.5) is 15.8 Å². The maximum atomic E-state index is 15.7. The number of carbonyl (C=O) groups is 3. The first-order chi connectivity index (χ1) is 24.9. The number of nitrogens with zero attached hydrogens (tertiary/aromatic N) is 5. The number of piperidine rings is 4. The van der Waals surface area contributed by atoms with Gasteiger partial charge in [-0.15, -0.1) is 0 Å². The number of halogens is 1. The Morgan fingerprint density at radius 1 is 0.923 bits per heavy atom. The van der Waals surface area contributed by atoms with Crippen LogP contribution < -0.4 is 21.1 Å². The van der Waals surface area contributed by atoms with Crippen LogP contribution in [0, 0.1) is 25.1 Å². The summed E-state index contributed by atoms with van der Waals surface area (Å²) in [6, 6.07) is 11.9. The van der Waals surface area contributed by atoms with E-state index in [-0.39, 0.29) is 47.0 Å². The third-order valence-corrected chi connectivity index (χ3v) is 12.3. The fourth-order valence-electron chi connectivity index (χ4n) is 8.97. The lowest BCUT2D eigenvalue weighted by Gasteiger charge is -2.47. The van der Waals surface area contributed by atoms with Gasteiger partial charge in [-0.2, -0.15) is 5.10 Å². The number of likely N-dealkylation sites (tertiary alicyclic amines) is 2. The Morgan fingerprint density at radius 2 is 1.62 bits per heavy atom. The first-order valence-corrected chi connectivity index (χ1v) is 18.7. The number of imide groups is 1. The van der Waals surface area contributed by atoms with Crippen LogP contribution in [0.1, 0.15) is 89.4 Å². The standard InChI is InChI=1S/C40H50FN7O4/c1-25-31(32-10-12-35(49)44-37(32)50)9-11-34(36(25)41)47-17-13-40(14-18-47)15-19-48(20-16-40)39(52)28-7-5-27(6-8-28)29-21-30(24-45(3)23-29)43-33-22-42-46(4)38(51)26(33)2/h5-9,11,22,29-30,32,43H,10,12-21,23-24H2,1-4H3,(H,44,49,50). The van der Waals surface area contributed by atoms with Gasteiger partial charge in [0.1, 0.15) is 5.82 Å². The number of amides is 3. The van der Waals surface area contributed by atoms with Gasteiger partial charge in [0.05, 0.1) is 23.5 Å². The van der Waals surface area contributed by atoms with E-state index in [2.05, 4.69) is 44.7 Å². The average Bonchev–Trinajstić information content (AvgIpc) is 3.14. The predicted molar refractivity (Wildman–Crippen MR) is 198 cm³/mol. The van der Waals surface area contributed by atoms with Gasteiger partial charge in [0.15, 0.2) is 0 Å². The summed E-state index contributed by atoms with van der Waals surface area (Å²) in [7, 11) is 3.77. The second-order valence-electron chi connectivity index (χ2n) is 15.6. The molecule has 3 aromatic rings. The van der Waals surface area contributed by atoms with Gasteiger partial charge in [0.25, 0.3) is 11.5 Å². The van der Waals surface area contributed by atoms with Crippen molar-refractivity contribution in [3.05, 3.63) is 86.6 Å². The number of aryl methyl sites for hydroxylation is 1. The fraction of sp³-hybridized carbons (Fsp3) is 0.525. The Bertz CT molecular complexity index is 1910. The molecule has 0 aliphatic carbocycles. The summed E-state index contributed by atoms with van der Waals surface area (Å²) >= 11 is 0. The lowest BCUT2D eigenvalue weighted by Crippen LogP contribution is -2.48. The second kappa shape index (κ2) is 14.4. The minimum atomic E-state index is -0.506. The summed E-state index contributed by atoms with van der Waals surface area (Å²) < 4.78 is 17.1. The topological polar surface area (TPSA) is 120 Å². The summed E-state index contributed by atoms with van der Waals surface area (Å²) in [5.74, 6) is -1.06. The number of aromatic nitrogens is 2.